The fourth-order valence-corrected chi connectivity index (χ4v) is 3.25. The molecule has 2 aromatic rings. The van der Waals surface area contributed by atoms with Gasteiger partial charge in [-0.15, -0.1) is 10.2 Å². The van der Waals surface area contributed by atoms with Gasteiger partial charge < -0.3 is 4.74 Å². The molecule has 0 N–H and O–H groups in total. The molecule has 1 fully saturated rings. The Kier molecular flexibility index (Phi) is 4.49. The average molecular weight is 317 g/mol. The monoisotopic (exact) mass is 317 g/mol. The molecule has 6 heteroatoms. The van der Waals surface area contributed by atoms with Gasteiger partial charge in [0.05, 0.1) is 13.2 Å². The molecule has 1 amide bonds. The molecular weight excluding hydrogens is 298 g/mol. The second-order valence-corrected chi connectivity index (χ2v) is 6.42. The van der Waals surface area contributed by atoms with Gasteiger partial charge >= 0.3 is 0 Å². The Hall–Kier alpha value is -1.79. The fraction of sp³-hybridized carbons (Fsp3) is 0.438. The molecule has 5 nitrogen and oxygen atoms in total. The number of hydrogen-bond donors (Lipinski definition) is 0. The van der Waals surface area contributed by atoms with Gasteiger partial charge in [0, 0.05) is 18.6 Å². The van der Waals surface area contributed by atoms with E-state index in [2.05, 4.69) is 23.2 Å². The van der Waals surface area contributed by atoms with Crippen molar-refractivity contribution in [1.82, 2.24) is 10.2 Å². The first kappa shape index (κ1) is 15.1. The SMILES string of the molecule is COCCN(C(=O)C1CC1)c1nnc(-c2ccccc2C)s1. The summed E-state index contributed by atoms with van der Waals surface area (Å²) >= 11 is 1.46. The van der Waals surface area contributed by atoms with Gasteiger partial charge in [-0.05, 0) is 25.3 Å². The molecule has 1 heterocycles. The number of nitrogens with zero attached hydrogens (tertiary/aromatic N) is 3. The van der Waals surface area contributed by atoms with Gasteiger partial charge in [0.25, 0.3) is 0 Å². The summed E-state index contributed by atoms with van der Waals surface area (Å²) in [5, 5.41) is 10.0. The third kappa shape index (κ3) is 3.18. The summed E-state index contributed by atoms with van der Waals surface area (Å²) in [6.45, 7) is 3.07. The van der Waals surface area contributed by atoms with Crippen LogP contribution in [-0.2, 0) is 9.53 Å². The van der Waals surface area contributed by atoms with Gasteiger partial charge in [0.1, 0.15) is 5.01 Å². The van der Waals surface area contributed by atoms with Crippen LogP contribution in [0.15, 0.2) is 24.3 Å². The first-order valence-corrected chi connectivity index (χ1v) is 8.22. The number of carbonyl (C=O) groups excluding carboxylic acids is 1. The van der Waals surface area contributed by atoms with Crippen LogP contribution in [0.25, 0.3) is 10.6 Å². The highest BCUT2D eigenvalue weighted by molar-refractivity contribution is 7.18. The lowest BCUT2D eigenvalue weighted by molar-refractivity contribution is -0.119. The zero-order valence-corrected chi connectivity index (χ0v) is 13.6. The van der Waals surface area contributed by atoms with E-state index in [4.69, 9.17) is 4.74 Å². The number of ether oxygens (including phenoxy) is 1. The van der Waals surface area contributed by atoms with Gasteiger partial charge in [-0.25, -0.2) is 0 Å². The van der Waals surface area contributed by atoms with Crippen molar-refractivity contribution in [2.24, 2.45) is 5.92 Å². The van der Waals surface area contributed by atoms with E-state index in [9.17, 15) is 4.79 Å². The Morgan fingerprint density at radius 1 is 1.36 bits per heavy atom. The second kappa shape index (κ2) is 6.54. The second-order valence-electron chi connectivity index (χ2n) is 5.46. The van der Waals surface area contributed by atoms with Gasteiger partial charge in [-0.2, -0.15) is 0 Å². The quantitative estimate of drug-likeness (QED) is 0.822. The molecule has 0 spiro atoms. The molecule has 3 rings (SSSR count). The van der Waals surface area contributed by atoms with Crippen LogP contribution < -0.4 is 4.90 Å². The Balaban J connectivity index is 1.86. The van der Waals surface area contributed by atoms with E-state index in [1.54, 1.807) is 12.0 Å². The summed E-state index contributed by atoms with van der Waals surface area (Å²) in [4.78, 5) is 14.2. The van der Waals surface area contributed by atoms with Crippen LogP contribution in [0, 0.1) is 12.8 Å². The first-order chi connectivity index (χ1) is 10.7. The minimum atomic E-state index is 0.143. The molecule has 1 aliphatic carbocycles. The number of hydrogen-bond acceptors (Lipinski definition) is 5. The third-order valence-corrected chi connectivity index (χ3v) is 4.71. The minimum Gasteiger partial charge on any atom is -0.383 e. The number of rotatable bonds is 6. The molecular formula is C16H19N3O2S. The van der Waals surface area contributed by atoms with Gasteiger partial charge in [0.15, 0.2) is 0 Å². The number of benzene rings is 1. The van der Waals surface area contributed by atoms with E-state index < -0.39 is 0 Å². The number of aromatic nitrogens is 2. The molecule has 0 atom stereocenters. The average Bonchev–Trinajstić information content (AvgIpc) is 3.27. The Morgan fingerprint density at radius 3 is 2.82 bits per heavy atom. The molecule has 22 heavy (non-hydrogen) atoms. The highest BCUT2D eigenvalue weighted by Crippen LogP contribution is 2.35. The van der Waals surface area contributed by atoms with E-state index >= 15 is 0 Å². The maximum absolute atomic E-state index is 12.4. The number of aryl methyl sites for hydroxylation is 1. The molecule has 0 bridgehead atoms. The maximum Gasteiger partial charge on any atom is 0.232 e. The smallest absolute Gasteiger partial charge is 0.232 e. The molecule has 0 unspecified atom stereocenters. The standard InChI is InChI=1S/C16H19N3O2S/c1-11-5-3-4-6-13(11)14-17-18-16(22-14)19(9-10-21-2)15(20)12-7-8-12/h3-6,12H,7-10H2,1-2H3. The maximum atomic E-state index is 12.4. The molecule has 0 radical (unpaired) electrons. The predicted octanol–water partition coefficient (Wildman–Crippen LogP) is 2.90. The molecule has 116 valence electrons. The third-order valence-electron chi connectivity index (χ3n) is 3.73. The number of methoxy groups -OCH3 is 1. The van der Waals surface area contributed by atoms with Crippen molar-refractivity contribution in [2.75, 3.05) is 25.2 Å². The summed E-state index contributed by atoms with van der Waals surface area (Å²) in [7, 11) is 1.64. The Bertz CT molecular complexity index is 667. The Morgan fingerprint density at radius 2 is 2.14 bits per heavy atom. The largest absolute Gasteiger partial charge is 0.383 e. The van der Waals surface area contributed by atoms with Crippen molar-refractivity contribution < 1.29 is 9.53 Å². The summed E-state index contributed by atoms with van der Waals surface area (Å²) in [6.07, 6.45) is 1.96. The van der Waals surface area contributed by atoms with Crippen molar-refractivity contribution in [2.45, 2.75) is 19.8 Å². The summed E-state index contributed by atoms with van der Waals surface area (Å²) in [5.41, 5.74) is 2.22. The van der Waals surface area contributed by atoms with Crippen LogP contribution in [-0.4, -0.2) is 36.4 Å². The van der Waals surface area contributed by atoms with Crippen LogP contribution in [0.5, 0.6) is 0 Å². The Labute approximate surface area is 133 Å². The number of anilines is 1. The van der Waals surface area contributed by atoms with Gasteiger partial charge in [-0.3, -0.25) is 9.69 Å². The van der Waals surface area contributed by atoms with Crippen molar-refractivity contribution in [1.29, 1.82) is 0 Å². The van der Waals surface area contributed by atoms with Crippen LogP contribution in [0.4, 0.5) is 5.13 Å². The topological polar surface area (TPSA) is 55.3 Å². The summed E-state index contributed by atoms with van der Waals surface area (Å²) in [5.74, 6) is 0.298. The normalized spacial score (nSPS) is 14.1. The van der Waals surface area contributed by atoms with E-state index in [1.807, 2.05) is 18.2 Å². The first-order valence-electron chi connectivity index (χ1n) is 7.40. The highest BCUT2D eigenvalue weighted by Gasteiger charge is 2.35. The van der Waals surface area contributed by atoms with E-state index in [1.165, 1.54) is 11.3 Å². The molecule has 1 saturated carbocycles. The van der Waals surface area contributed by atoms with Crippen LogP contribution in [0.1, 0.15) is 18.4 Å². The molecule has 1 aliphatic rings. The fourth-order valence-electron chi connectivity index (χ4n) is 2.28. The van der Waals surface area contributed by atoms with E-state index in [0.717, 1.165) is 29.0 Å². The lowest BCUT2D eigenvalue weighted by atomic mass is 10.1. The lowest BCUT2D eigenvalue weighted by Crippen LogP contribution is -2.35. The lowest BCUT2D eigenvalue weighted by Gasteiger charge is -2.18. The molecule has 1 aromatic carbocycles. The summed E-state index contributed by atoms with van der Waals surface area (Å²) in [6, 6.07) is 8.07. The van der Waals surface area contributed by atoms with Crippen molar-refractivity contribution in [3.05, 3.63) is 29.8 Å². The van der Waals surface area contributed by atoms with Gasteiger partial charge in [0.2, 0.25) is 11.0 Å². The van der Waals surface area contributed by atoms with Crippen LogP contribution in [0.3, 0.4) is 0 Å². The van der Waals surface area contributed by atoms with Crippen molar-refractivity contribution >= 4 is 22.4 Å². The van der Waals surface area contributed by atoms with Crippen molar-refractivity contribution in [3.8, 4) is 10.6 Å². The van der Waals surface area contributed by atoms with Crippen LogP contribution in [0.2, 0.25) is 0 Å². The zero-order valence-electron chi connectivity index (χ0n) is 12.8. The molecule has 1 aromatic heterocycles. The van der Waals surface area contributed by atoms with E-state index in [-0.39, 0.29) is 11.8 Å². The predicted molar refractivity (Wildman–Crippen MR) is 87.0 cm³/mol. The number of amides is 1. The zero-order chi connectivity index (χ0) is 15.5. The van der Waals surface area contributed by atoms with Gasteiger partial charge in [-0.1, -0.05) is 35.6 Å². The van der Waals surface area contributed by atoms with Crippen LogP contribution >= 0.6 is 11.3 Å². The van der Waals surface area contributed by atoms with Crippen molar-refractivity contribution in [3.63, 3.8) is 0 Å². The highest BCUT2D eigenvalue weighted by atomic mass is 32.1. The molecule has 0 aliphatic heterocycles. The molecule has 0 saturated heterocycles. The minimum absolute atomic E-state index is 0.143. The van der Waals surface area contributed by atoms with E-state index in [0.29, 0.717) is 18.3 Å². The number of carbonyl (C=O) groups is 1. The summed E-state index contributed by atoms with van der Waals surface area (Å²) < 4.78 is 5.12.